The lowest BCUT2D eigenvalue weighted by Gasteiger charge is -2.33. The van der Waals surface area contributed by atoms with Crippen molar-refractivity contribution in [3.63, 3.8) is 0 Å². The van der Waals surface area contributed by atoms with Gasteiger partial charge in [0, 0.05) is 31.1 Å². The van der Waals surface area contributed by atoms with Crippen molar-refractivity contribution in [1.82, 2.24) is 19.6 Å². The van der Waals surface area contributed by atoms with E-state index >= 15 is 0 Å². The highest BCUT2D eigenvalue weighted by atomic mass is 16.6. The molecule has 2 aromatic carbocycles. The Morgan fingerprint density at radius 3 is 2.50 bits per heavy atom. The number of methoxy groups -OCH3 is 2. The van der Waals surface area contributed by atoms with Crippen molar-refractivity contribution in [2.75, 3.05) is 47.1 Å². The number of esters is 2. The van der Waals surface area contributed by atoms with Crippen LogP contribution in [0, 0.1) is 0 Å². The molecule has 12 heteroatoms. The summed E-state index contributed by atoms with van der Waals surface area (Å²) in [5.41, 5.74) is 2.09. The van der Waals surface area contributed by atoms with Gasteiger partial charge in [0.05, 0.1) is 46.0 Å². The zero-order chi connectivity index (χ0) is 31.4. The molecule has 2 aliphatic rings. The molecule has 2 aliphatic heterocycles. The van der Waals surface area contributed by atoms with Gasteiger partial charge in [-0.1, -0.05) is 24.3 Å². The van der Waals surface area contributed by atoms with Gasteiger partial charge in [0.15, 0.2) is 0 Å². The molecule has 0 spiro atoms. The second-order valence-corrected chi connectivity index (χ2v) is 12.0. The van der Waals surface area contributed by atoms with Crippen LogP contribution in [0.1, 0.15) is 27.2 Å². The zero-order valence-electron chi connectivity index (χ0n) is 25.9. The largest absolute Gasteiger partial charge is 0.488 e. The van der Waals surface area contributed by atoms with Gasteiger partial charge in [-0.25, -0.2) is 9.59 Å². The van der Waals surface area contributed by atoms with Gasteiger partial charge in [-0.3, -0.25) is 19.3 Å². The van der Waals surface area contributed by atoms with Crippen molar-refractivity contribution < 1.29 is 38.1 Å². The Hall–Kier alpha value is -4.16. The molecule has 1 aromatic heterocycles. The lowest BCUT2D eigenvalue weighted by Crippen LogP contribution is -2.51. The summed E-state index contributed by atoms with van der Waals surface area (Å²) in [6.07, 6.45) is 1.31. The first-order chi connectivity index (χ1) is 21.1. The minimum Gasteiger partial charge on any atom is -0.488 e. The van der Waals surface area contributed by atoms with Gasteiger partial charge in [0.2, 0.25) is 0 Å². The van der Waals surface area contributed by atoms with E-state index in [-0.39, 0.29) is 12.5 Å². The number of hydrogen-bond acceptors (Lipinski definition) is 10. The standard InChI is InChI=1S/C32H40N4O8/c1-32(2,3)44-31(39)36-18-23(17-27(36)29(37)40-4)43-22-9-6-8-21(16-22)24-10-7-11-26-25(24)19-35(33-26)13-12-34-14-15-42-20-28(34)30(38)41-5/h6-11,16,19,23,27-28H,12-15,17-18,20H2,1-5H3/t23-,27-,28?/m0/s1. The Kier molecular flexibility index (Phi) is 9.40. The van der Waals surface area contributed by atoms with Gasteiger partial charge in [0.1, 0.15) is 29.5 Å². The fourth-order valence-electron chi connectivity index (χ4n) is 5.64. The van der Waals surface area contributed by atoms with Crippen molar-refractivity contribution in [3.8, 4) is 16.9 Å². The Bertz CT molecular complexity index is 1500. The highest BCUT2D eigenvalue weighted by molar-refractivity contribution is 5.94. The van der Waals surface area contributed by atoms with Crippen LogP contribution in [0.5, 0.6) is 5.75 Å². The summed E-state index contributed by atoms with van der Waals surface area (Å²) in [5, 5.41) is 5.77. The van der Waals surface area contributed by atoms with Crippen LogP contribution in [-0.2, 0) is 35.1 Å². The molecule has 3 heterocycles. The molecular weight excluding hydrogens is 568 g/mol. The molecule has 5 rings (SSSR count). The molecule has 0 N–H and O–H groups in total. The number of morpholine rings is 1. The summed E-state index contributed by atoms with van der Waals surface area (Å²) in [7, 11) is 2.69. The topological polar surface area (TPSA) is 122 Å². The van der Waals surface area contributed by atoms with Crippen LogP contribution in [0.25, 0.3) is 22.0 Å². The molecule has 0 aliphatic carbocycles. The van der Waals surface area contributed by atoms with Crippen molar-refractivity contribution in [2.24, 2.45) is 0 Å². The molecule has 0 bridgehead atoms. The lowest BCUT2D eigenvalue weighted by atomic mass is 10.0. The van der Waals surface area contributed by atoms with E-state index in [1.54, 1.807) is 20.8 Å². The molecule has 1 unspecified atom stereocenters. The van der Waals surface area contributed by atoms with Gasteiger partial charge < -0.3 is 23.7 Å². The first kappa shape index (κ1) is 31.3. The van der Waals surface area contributed by atoms with E-state index in [9.17, 15) is 14.4 Å². The van der Waals surface area contributed by atoms with E-state index in [2.05, 4.69) is 4.90 Å². The number of nitrogens with zero attached hydrogens (tertiary/aromatic N) is 4. The summed E-state index contributed by atoms with van der Waals surface area (Å²) in [6.45, 7) is 8.30. The van der Waals surface area contributed by atoms with Crippen LogP contribution in [0.3, 0.4) is 0 Å². The number of benzene rings is 2. The maximum Gasteiger partial charge on any atom is 0.411 e. The van der Waals surface area contributed by atoms with Crippen LogP contribution in [0.2, 0.25) is 0 Å². The Morgan fingerprint density at radius 2 is 1.75 bits per heavy atom. The van der Waals surface area contributed by atoms with Crippen molar-refractivity contribution in [2.45, 2.75) is 57.5 Å². The third kappa shape index (κ3) is 7.13. The van der Waals surface area contributed by atoms with E-state index in [1.807, 2.05) is 53.3 Å². The molecule has 2 fully saturated rings. The Morgan fingerprint density at radius 1 is 1.00 bits per heavy atom. The highest BCUT2D eigenvalue weighted by Crippen LogP contribution is 2.32. The minimum atomic E-state index is -0.789. The smallest absolute Gasteiger partial charge is 0.411 e. The second-order valence-electron chi connectivity index (χ2n) is 12.0. The number of hydrogen-bond donors (Lipinski definition) is 0. The van der Waals surface area contributed by atoms with E-state index < -0.39 is 35.9 Å². The summed E-state index contributed by atoms with van der Waals surface area (Å²) >= 11 is 0. The fourth-order valence-corrected chi connectivity index (χ4v) is 5.64. The fraction of sp³-hybridized carbons (Fsp3) is 0.500. The number of fused-ring (bicyclic) bond motifs is 1. The predicted molar refractivity (Wildman–Crippen MR) is 161 cm³/mol. The number of carbonyl (C=O) groups excluding carboxylic acids is 3. The highest BCUT2D eigenvalue weighted by Gasteiger charge is 2.43. The number of ether oxygens (including phenoxy) is 5. The van der Waals surface area contributed by atoms with Gasteiger partial charge in [-0.15, -0.1) is 0 Å². The maximum atomic E-state index is 12.9. The number of aromatic nitrogens is 2. The molecular formula is C32H40N4O8. The third-order valence-corrected chi connectivity index (χ3v) is 7.74. The van der Waals surface area contributed by atoms with Crippen LogP contribution in [0.4, 0.5) is 4.79 Å². The maximum absolute atomic E-state index is 12.9. The summed E-state index contributed by atoms with van der Waals surface area (Å²) in [5.74, 6) is -0.183. The van der Waals surface area contributed by atoms with E-state index in [0.29, 0.717) is 45.0 Å². The summed E-state index contributed by atoms with van der Waals surface area (Å²) in [4.78, 5) is 41.0. The zero-order valence-corrected chi connectivity index (χ0v) is 25.9. The quantitative estimate of drug-likeness (QED) is 0.277. The van der Waals surface area contributed by atoms with Gasteiger partial charge in [0.25, 0.3) is 0 Å². The van der Waals surface area contributed by atoms with Crippen molar-refractivity contribution in [3.05, 3.63) is 48.7 Å². The Balaban J connectivity index is 1.30. The third-order valence-electron chi connectivity index (χ3n) is 7.74. The first-order valence-corrected chi connectivity index (χ1v) is 14.8. The Labute approximate surface area is 256 Å². The average molecular weight is 609 g/mol. The molecule has 44 heavy (non-hydrogen) atoms. The van der Waals surface area contributed by atoms with Gasteiger partial charge in [-0.2, -0.15) is 5.10 Å². The molecule has 236 valence electrons. The molecule has 12 nitrogen and oxygen atoms in total. The molecule has 0 saturated carbocycles. The lowest BCUT2D eigenvalue weighted by molar-refractivity contribution is -0.153. The minimum absolute atomic E-state index is 0.196. The summed E-state index contributed by atoms with van der Waals surface area (Å²) in [6, 6.07) is 12.5. The first-order valence-electron chi connectivity index (χ1n) is 14.8. The number of amides is 1. The van der Waals surface area contributed by atoms with Crippen molar-refractivity contribution >= 4 is 28.9 Å². The van der Waals surface area contributed by atoms with E-state index in [0.717, 1.165) is 22.0 Å². The molecule has 3 atom stereocenters. The van der Waals surface area contributed by atoms with E-state index in [1.165, 1.54) is 19.1 Å². The molecule has 2 saturated heterocycles. The van der Waals surface area contributed by atoms with Crippen LogP contribution >= 0.6 is 0 Å². The van der Waals surface area contributed by atoms with Gasteiger partial charge in [-0.05, 0) is 50.1 Å². The van der Waals surface area contributed by atoms with E-state index in [4.69, 9.17) is 28.8 Å². The molecule has 3 aromatic rings. The normalized spacial score (nSPS) is 20.8. The summed E-state index contributed by atoms with van der Waals surface area (Å²) < 4.78 is 29.1. The number of likely N-dealkylation sites (tertiary alicyclic amines) is 1. The molecule has 0 radical (unpaired) electrons. The SMILES string of the molecule is COC(=O)C1COCCN1CCn1cc2c(-c3cccc(O[C@H]4C[C@@H](C(=O)OC)N(C(=O)OC(C)(C)C)C4)c3)cccc2n1. The van der Waals surface area contributed by atoms with Crippen LogP contribution in [0.15, 0.2) is 48.7 Å². The average Bonchev–Trinajstić information content (AvgIpc) is 3.63. The number of rotatable bonds is 8. The monoisotopic (exact) mass is 608 g/mol. The van der Waals surface area contributed by atoms with Gasteiger partial charge >= 0.3 is 18.0 Å². The van der Waals surface area contributed by atoms with Crippen molar-refractivity contribution in [1.29, 1.82) is 0 Å². The number of carbonyl (C=O) groups is 3. The van der Waals surface area contributed by atoms with Crippen LogP contribution in [-0.4, -0.2) is 108 Å². The second kappa shape index (κ2) is 13.2. The van der Waals surface area contributed by atoms with Crippen LogP contribution < -0.4 is 4.74 Å². The molecule has 1 amide bonds. The predicted octanol–water partition coefficient (Wildman–Crippen LogP) is 3.51.